The number of likely N-dealkylation sites (N-methyl/N-ethyl adjacent to an activating group) is 1. The van der Waals surface area contributed by atoms with Gasteiger partial charge in [-0.25, -0.2) is 4.98 Å². The highest BCUT2D eigenvalue weighted by atomic mass is 15.3. The number of guanidine groups is 1. The maximum Gasteiger partial charge on any atom is 0.191 e. The van der Waals surface area contributed by atoms with Crippen molar-refractivity contribution in [3.63, 3.8) is 0 Å². The highest BCUT2D eigenvalue weighted by molar-refractivity contribution is 5.79. The summed E-state index contributed by atoms with van der Waals surface area (Å²) in [6.07, 6.45) is 7.27. The number of aromatic nitrogens is 1. The minimum Gasteiger partial charge on any atom is -0.356 e. The van der Waals surface area contributed by atoms with Crippen LogP contribution < -0.4 is 15.5 Å². The standard InChI is InChI=1S/C22H38N6/c1-18(2)15-22(7-5-8-22)17-26-21(23-3)25-16-19-6-9-24-20(14-19)28-12-10-27(4)11-13-28/h6,9,14,18H,5,7-8,10-13,15-17H2,1-4H3,(H2,23,25,26). The summed E-state index contributed by atoms with van der Waals surface area (Å²) in [6, 6.07) is 4.30. The Morgan fingerprint density at radius 3 is 2.57 bits per heavy atom. The molecular formula is C22H38N6. The van der Waals surface area contributed by atoms with Gasteiger partial charge in [0, 0.05) is 52.5 Å². The van der Waals surface area contributed by atoms with Gasteiger partial charge in [-0.15, -0.1) is 0 Å². The molecule has 2 aliphatic rings. The fourth-order valence-corrected chi connectivity index (χ4v) is 4.45. The van der Waals surface area contributed by atoms with Crippen LogP contribution in [0.1, 0.15) is 45.1 Å². The van der Waals surface area contributed by atoms with Gasteiger partial charge in [0.2, 0.25) is 0 Å². The molecule has 2 heterocycles. The van der Waals surface area contributed by atoms with Gasteiger partial charge >= 0.3 is 0 Å². The molecule has 1 saturated carbocycles. The van der Waals surface area contributed by atoms with Crippen LogP contribution in [-0.4, -0.2) is 62.7 Å². The van der Waals surface area contributed by atoms with Crippen LogP contribution in [0.5, 0.6) is 0 Å². The predicted octanol–water partition coefficient (Wildman–Crippen LogP) is 2.71. The highest BCUT2D eigenvalue weighted by Gasteiger charge is 2.37. The van der Waals surface area contributed by atoms with Gasteiger partial charge in [0.05, 0.1) is 0 Å². The van der Waals surface area contributed by atoms with Gasteiger partial charge in [0.25, 0.3) is 0 Å². The van der Waals surface area contributed by atoms with Crippen molar-refractivity contribution in [1.29, 1.82) is 0 Å². The Morgan fingerprint density at radius 2 is 1.96 bits per heavy atom. The molecule has 1 aliphatic heterocycles. The molecule has 2 N–H and O–H groups in total. The normalized spacial score (nSPS) is 20.2. The monoisotopic (exact) mass is 386 g/mol. The Morgan fingerprint density at radius 1 is 1.21 bits per heavy atom. The Labute approximate surface area is 170 Å². The molecule has 6 nitrogen and oxygen atoms in total. The zero-order valence-corrected chi connectivity index (χ0v) is 18.2. The summed E-state index contributed by atoms with van der Waals surface area (Å²) in [6.45, 7) is 10.7. The number of piperazine rings is 1. The van der Waals surface area contributed by atoms with Gasteiger partial charge in [-0.2, -0.15) is 0 Å². The fraction of sp³-hybridized carbons (Fsp3) is 0.727. The molecule has 1 saturated heterocycles. The molecule has 156 valence electrons. The summed E-state index contributed by atoms with van der Waals surface area (Å²) in [5, 5.41) is 7.06. The molecule has 0 amide bonds. The van der Waals surface area contributed by atoms with Crippen LogP contribution in [0.3, 0.4) is 0 Å². The molecule has 0 atom stereocenters. The zero-order chi connectivity index (χ0) is 20.0. The maximum atomic E-state index is 4.58. The Hall–Kier alpha value is -1.82. The lowest BCUT2D eigenvalue weighted by Gasteiger charge is -2.43. The van der Waals surface area contributed by atoms with Gasteiger partial charge < -0.3 is 20.4 Å². The van der Waals surface area contributed by atoms with Crippen molar-refractivity contribution < 1.29 is 0 Å². The van der Waals surface area contributed by atoms with E-state index in [0.29, 0.717) is 5.41 Å². The van der Waals surface area contributed by atoms with Gasteiger partial charge in [0.15, 0.2) is 5.96 Å². The molecule has 0 bridgehead atoms. The van der Waals surface area contributed by atoms with Crippen LogP contribution in [-0.2, 0) is 6.54 Å². The molecule has 0 unspecified atom stereocenters. The van der Waals surface area contributed by atoms with Crippen molar-refractivity contribution in [3.05, 3.63) is 23.9 Å². The van der Waals surface area contributed by atoms with E-state index in [0.717, 1.165) is 57.0 Å². The van der Waals surface area contributed by atoms with E-state index in [1.807, 2.05) is 13.2 Å². The first kappa shape index (κ1) is 20.9. The number of pyridine rings is 1. The summed E-state index contributed by atoms with van der Waals surface area (Å²) < 4.78 is 0. The third-order valence-electron chi connectivity index (χ3n) is 6.21. The number of aliphatic imine (C=N–C) groups is 1. The Kier molecular flexibility index (Phi) is 7.16. The van der Waals surface area contributed by atoms with Gasteiger partial charge in [-0.1, -0.05) is 20.3 Å². The molecule has 1 aromatic rings. The summed E-state index contributed by atoms with van der Waals surface area (Å²) in [5.41, 5.74) is 1.71. The number of rotatable bonds is 7. The minimum atomic E-state index is 0.469. The largest absolute Gasteiger partial charge is 0.356 e. The lowest BCUT2D eigenvalue weighted by atomic mass is 9.64. The topological polar surface area (TPSA) is 55.8 Å². The second kappa shape index (κ2) is 9.59. The van der Waals surface area contributed by atoms with Crippen LogP contribution in [0.4, 0.5) is 5.82 Å². The van der Waals surface area contributed by atoms with Crippen molar-refractivity contribution in [2.75, 3.05) is 51.7 Å². The summed E-state index contributed by atoms with van der Waals surface area (Å²) in [7, 11) is 4.03. The van der Waals surface area contributed by atoms with Crippen LogP contribution in [0.2, 0.25) is 0 Å². The third kappa shape index (κ3) is 5.60. The van der Waals surface area contributed by atoms with E-state index in [-0.39, 0.29) is 0 Å². The van der Waals surface area contributed by atoms with E-state index < -0.39 is 0 Å². The predicted molar refractivity (Wildman–Crippen MR) is 118 cm³/mol. The van der Waals surface area contributed by atoms with Crippen LogP contribution >= 0.6 is 0 Å². The molecule has 28 heavy (non-hydrogen) atoms. The van der Waals surface area contributed by atoms with E-state index in [2.05, 4.69) is 63.4 Å². The number of nitrogens with zero attached hydrogens (tertiary/aromatic N) is 4. The minimum absolute atomic E-state index is 0.469. The molecule has 2 fully saturated rings. The molecule has 1 aromatic heterocycles. The van der Waals surface area contributed by atoms with Crippen molar-refractivity contribution >= 4 is 11.8 Å². The molecule has 1 aliphatic carbocycles. The van der Waals surface area contributed by atoms with Gasteiger partial charge in [-0.05, 0) is 55.3 Å². The quantitative estimate of drug-likeness (QED) is 0.557. The summed E-state index contributed by atoms with van der Waals surface area (Å²) >= 11 is 0. The SMILES string of the molecule is CN=C(NCc1ccnc(N2CCN(C)CC2)c1)NCC1(CC(C)C)CCC1. The summed E-state index contributed by atoms with van der Waals surface area (Å²) in [5.74, 6) is 2.73. The van der Waals surface area contributed by atoms with Crippen molar-refractivity contribution in [3.8, 4) is 0 Å². The molecular weight excluding hydrogens is 348 g/mol. The van der Waals surface area contributed by atoms with Gasteiger partial charge in [0.1, 0.15) is 5.82 Å². The molecule has 0 aromatic carbocycles. The first-order chi connectivity index (χ1) is 13.5. The first-order valence-corrected chi connectivity index (χ1v) is 10.8. The van der Waals surface area contributed by atoms with Crippen molar-refractivity contribution in [2.45, 2.75) is 46.1 Å². The smallest absolute Gasteiger partial charge is 0.191 e. The molecule has 6 heteroatoms. The number of anilines is 1. The Bertz CT molecular complexity index is 644. The summed E-state index contributed by atoms with van der Waals surface area (Å²) in [4.78, 5) is 13.8. The average Bonchev–Trinajstić information content (AvgIpc) is 2.66. The van der Waals surface area contributed by atoms with Crippen LogP contribution in [0.25, 0.3) is 0 Å². The number of hydrogen-bond donors (Lipinski definition) is 2. The highest BCUT2D eigenvalue weighted by Crippen LogP contribution is 2.45. The maximum absolute atomic E-state index is 4.58. The van der Waals surface area contributed by atoms with Crippen molar-refractivity contribution in [2.24, 2.45) is 16.3 Å². The average molecular weight is 387 g/mol. The first-order valence-electron chi connectivity index (χ1n) is 10.8. The third-order valence-corrected chi connectivity index (χ3v) is 6.21. The van der Waals surface area contributed by atoms with E-state index in [1.165, 1.54) is 31.2 Å². The molecule has 0 radical (unpaired) electrons. The van der Waals surface area contributed by atoms with Gasteiger partial charge in [-0.3, -0.25) is 4.99 Å². The number of hydrogen-bond acceptors (Lipinski definition) is 4. The zero-order valence-electron chi connectivity index (χ0n) is 18.2. The lowest BCUT2D eigenvalue weighted by Crippen LogP contribution is -2.46. The Balaban J connectivity index is 1.50. The van der Waals surface area contributed by atoms with Crippen LogP contribution in [0, 0.1) is 11.3 Å². The van der Waals surface area contributed by atoms with E-state index in [4.69, 9.17) is 0 Å². The number of nitrogens with one attached hydrogen (secondary N) is 2. The van der Waals surface area contributed by atoms with Crippen molar-refractivity contribution in [1.82, 2.24) is 20.5 Å². The van der Waals surface area contributed by atoms with E-state index in [9.17, 15) is 0 Å². The second-order valence-electron chi connectivity index (χ2n) is 9.04. The molecule has 3 rings (SSSR count). The fourth-order valence-electron chi connectivity index (χ4n) is 4.45. The lowest BCUT2D eigenvalue weighted by molar-refractivity contribution is 0.104. The van der Waals surface area contributed by atoms with E-state index >= 15 is 0 Å². The molecule has 0 spiro atoms. The van der Waals surface area contributed by atoms with Crippen LogP contribution in [0.15, 0.2) is 23.3 Å². The van der Waals surface area contributed by atoms with E-state index in [1.54, 1.807) is 0 Å². The second-order valence-corrected chi connectivity index (χ2v) is 9.04.